The molecule has 2 aromatic heterocycles. The van der Waals surface area contributed by atoms with Crippen LogP contribution in [0.15, 0.2) is 138 Å². The number of benzene rings is 4. The fraction of sp³-hybridized carbons (Fsp3) is 0.118. The molecule has 0 saturated carbocycles. The van der Waals surface area contributed by atoms with Gasteiger partial charge in [-0.1, -0.05) is 93.2 Å². The summed E-state index contributed by atoms with van der Waals surface area (Å²) in [5, 5.41) is 1.62. The Morgan fingerprint density at radius 3 is 1.60 bits per heavy atom. The largest absolute Gasteiger partial charge is 0.268 e. The molecule has 2 heterocycles. The molecule has 6 nitrogen and oxygen atoms in total. The van der Waals surface area contributed by atoms with Gasteiger partial charge in [-0.2, -0.15) is 0 Å². The van der Waals surface area contributed by atoms with E-state index in [-0.39, 0.29) is 9.79 Å². The van der Waals surface area contributed by atoms with Gasteiger partial charge in [-0.3, -0.25) is 0 Å². The number of fused-ring (bicyclic) bond motifs is 2. The van der Waals surface area contributed by atoms with Gasteiger partial charge in [0.25, 0.3) is 20.0 Å². The van der Waals surface area contributed by atoms with Crippen molar-refractivity contribution >= 4 is 47.4 Å². The summed E-state index contributed by atoms with van der Waals surface area (Å²) in [5.74, 6) is 0. The summed E-state index contributed by atoms with van der Waals surface area (Å²) in [6.45, 7) is 8.51. The van der Waals surface area contributed by atoms with Crippen LogP contribution in [-0.4, -0.2) is 24.8 Å². The van der Waals surface area contributed by atoms with Gasteiger partial charge in [0, 0.05) is 28.7 Å². The summed E-state index contributed by atoms with van der Waals surface area (Å²) < 4.78 is 57.3. The highest BCUT2D eigenvalue weighted by molar-refractivity contribution is 7.90. The number of aromatic nitrogens is 2. The quantitative estimate of drug-likeness (QED) is 0.183. The van der Waals surface area contributed by atoms with Crippen molar-refractivity contribution in [2.75, 3.05) is 0 Å². The van der Waals surface area contributed by atoms with Crippen LogP contribution in [0.1, 0.15) is 31.4 Å². The average Bonchev–Trinajstić information content (AvgIpc) is 3.59. The second-order valence-corrected chi connectivity index (χ2v) is 14.6. The Balaban J connectivity index is 1.43. The highest BCUT2D eigenvalue weighted by atomic mass is 32.2. The van der Waals surface area contributed by atoms with Crippen molar-refractivity contribution in [2.24, 2.45) is 0 Å². The zero-order chi connectivity index (χ0) is 29.7. The lowest BCUT2D eigenvalue weighted by Gasteiger charge is -2.25. The first kappa shape index (κ1) is 27.8. The molecule has 0 spiro atoms. The smallest absolute Gasteiger partial charge is 0.241 e. The zero-order valence-electron chi connectivity index (χ0n) is 23.3. The van der Waals surface area contributed by atoms with Gasteiger partial charge < -0.3 is 0 Å². The first-order chi connectivity index (χ1) is 20.0. The lowest BCUT2D eigenvalue weighted by atomic mass is 9.78. The van der Waals surface area contributed by atoms with Crippen LogP contribution in [0.3, 0.4) is 0 Å². The molecule has 0 bridgehead atoms. The maximum absolute atomic E-state index is 13.7. The minimum Gasteiger partial charge on any atom is -0.241 e. The van der Waals surface area contributed by atoms with E-state index in [2.05, 4.69) is 20.4 Å². The third kappa shape index (κ3) is 4.57. The molecule has 0 N–H and O–H groups in total. The standard InChI is InChI=1S/C34H30N2O4S2/c1-25(30-23-35(32-20-12-10-18-28(30)32)41(37,38)26-14-6-4-7-15-26)22-34(2,3)31-24-36(33-21-13-11-19-29(31)33)42(39,40)27-16-8-5-9-17-27/h4-21,23-24H,1,22H2,2-3H3. The summed E-state index contributed by atoms with van der Waals surface area (Å²) in [6, 6.07) is 31.6. The molecule has 0 aliphatic carbocycles. The molecule has 0 atom stereocenters. The Morgan fingerprint density at radius 2 is 1.05 bits per heavy atom. The van der Waals surface area contributed by atoms with Crippen LogP contribution < -0.4 is 0 Å². The number of rotatable bonds is 8. The van der Waals surface area contributed by atoms with E-state index >= 15 is 0 Å². The van der Waals surface area contributed by atoms with Gasteiger partial charge in [0.05, 0.1) is 20.8 Å². The molecule has 212 valence electrons. The minimum absolute atomic E-state index is 0.204. The predicted octanol–water partition coefficient (Wildman–Crippen LogP) is 7.45. The van der Waals surface area contributed by atoms with Crippen LogP contribution in [0.2, 0.25) is 0 Å². The van der Waals surface area contributed by atoms with E-state index < -0.39 is 25.5 Å². The average molecular weight is 595 g/mol. The maximum atomic E-state index is 13.7. The Kier molecular flexibility index (Phi) is 6.71. The van der Waals surface area contributed by atoms with Gasteiger partial charge in [-0.05, 0) is 59.4 Å². The Morgan fingerprint density at radius 1 is 0.619 bits per heavy atom. The molecule has 6 aromatic rings. The van der Waals surface area contributed by atoms with Crippen LogP contribution in [0.5, 0.6) is 0 Å². The van der Waals surface area contributed by atoms with Crippen molar-refractivity contribution in [2.45, 2.75) is 35.5 Å². The SMILES string of the molecule is C=C(CC(C)(C)c1cn(S(=O)(=O)c2ccccc2)c2ccccc12)c1cn(S(=O)(=O)c2ccccc2)c2ccccc12. The molecule has 0 aliphatic heterocycles. The lowest BCUT2D eigenvalue weighted by Crippen LogP contribution is -2.18. The van der Waals surface area contributed by atoms with Gasteiger partial charge >= 0.3 is 0 Å². The fourth-order valence-corrected chi connectivity index (χ4v) is 8.44. The molecule has 4 aromatic carbocycles. The molecular formula is C34H30N2O4S2. The predicted molar refractivity (Wildman–Crippen MR) is 169 cm³/mol. The highest BCUT2D eigenvalue weighted by Crippen LogP contribution is 2.41. The van der Waals surface area contributed by atoms with Gasteiger partial charge in [0.15, 0.2) is 0 Å². The third-order valence-corrected chi connectivity index (χ3v) is 11.1. The van der Waals surface area contributed by atoms with Crippen LogP contribution >= 0.6 is 0 Å². The fourth-order valence-electron chi connectivity index (χ4n) is 5.65. The van der Waals surface area contributed by atoms with Crippen LogP contribution in [0.25, 0.3) is 27.4 Å². The summed E-state index contributed by atoms with van der Waals surface area (Å²) >= 11 is 0. The molecule has 0 aliphatic rings. The monoisotopic (exact) mass is 594 g/mol. The summed E-state index contributed by atoms with van der Waals surface area (Å²) in [5.41, 5.74) is 2.97. The topological polar surface area (TPSA) is 78.1 Å². The molecular weight excluding hydrogens is 565 g/mol. The van der Waals surface area contributed by atoms with Crippen molar-refractivity contribution < 1.29 is 16.8 Å². The highest BCUT2D eigenvalue weighted by Gasteiger charge is 2.31. The number of para-hydroxylation sites is 2. The maximum Gasteiger partial charge on any atom is 0.268 e. The lowest BCUT2D eigenvalue weighted by molar-refractivity contribution is 0.545. The molecule has 0 fully saturated rings. The Hall–Kier alpha value is -4.40. The second-order valence-electron chi connectivity index (χ2n) is 11.0. The van der Waals surface area contributed by atoms with E-state index in [0.29, 0.717) is 17.5 Å². The third-order valence-electron chi connectivity index (χ3n) is 7.72. The van der Waals surface area contributed by atoms with E-state index in [1.54, 1.807) is 79.1 Å². The number of hydrogen-bond donors (Lipinski definition) is 0. The van der Waals surface area contributed by atoms with Gasteiger partial charge in [0.2, 0.25) is 0 Å². The molecule has 0 radical (unpaired) electrons. The zero-order valence-corrected chi connectivity index (χ0v) is 24.9. The normalized spacial score (nSPS) is 12.6. The van der Waals surface area contributed by atoms with Gasteiger partial charge in [-0.15, -0.1) is 0 Å². The summed E-state index contributed by atoms with van der Waals surface area (Å²) in [6.07, 6.45) is 3.82. The van der Waals surface area contributed by atoms with Crippen molar-refractivity contribution in [3.63, 3.8) is 0 Å². The number of allylic oxidation sites excluding steroid dienone is 1. The van der Waals surface area contributed by atoms with Crippen molar-refractivity contribution in [3.05, 3.63) is 139 Å². The minimum atomic E-state index is -3.84. The molecule has 42 heavy (non-hydrogen) atoms. The Labute approximate surface area is 246 Å². The molecule has 0 saturated heterocycles. The van der Waals surface area contributed by atoms with Crippen LogP contribution in [0.4, 0.5) is 0 Å². The first-order valence-corrected chi connectivity index (χ1v) is 16.4. The Bertz CT molecular complexity index is 2180. The van der Waals surface area contributed by atoms with E-state index in [1.165, 1.54) is 7.94 Å². The molecule has 8 heteroatoms. The summed E-state index contributed by atoms with van der Waals surface area (Å²) in [4.78, 5) is 0.419. The molecule has 0 unspecified atom stereocenters. The van der Waals surface area contributed by atoms with Crippen molar-refractivity contribution in [1.82, 2.24) is 7.94 Å². The number of nitrogens with zero attached hydrogens (tertiary/aromatic N) is 2. The second kappa shape index (κ2) is 10.2. The van der Waals surface area contributed by atoms with Crippen molar-refractivity contribution in [3.8, 4) is 0 Å². The van der Waals surface area contributed by atoms with E-state index in [9.17, 15) is 16.8 Å². The van der Waals surface area contributed by atoms with E-state index in [0.717, 1.165) is 27.5 Å². The first-order valence-electron chi connectivity index (χ1n) is 13.5. The molecule has 0 amide bonds. The van der Waals surface area contributed by atoms with Crippen molar-refractivity contribution in [1.29, 1.82) is 0 Å². The van der Waals surface area contributed by atoms with E-state index in [4.69, 9.17) is 0 Å². The molecule has 6 rings (SSSR count). The van der Waals surface area contributed by atoms with Crippen LogP contribution in [0, 0.1) is 0 Å². The number of hydrogen-bond acceptors (Lipinski definition) is 4. The van der Waals surface area contributed by atoms with Crippen LogP contribution in [-0.2, 0) is 25.5 Å². The van der Waals surface area contributed by atoms with Gasteiger partial charge in [0.1, 0.15) is 0 Å². The van der Waals surface area contributed by atoms with Gasteiger partial charge in [-0.25, -0.2) is 24.8 Å². The summed E-state index contributed by atoms with van der Waals surface area (Å²) in [7, 11) is -7.67. The van der Waals surface area contributed by atoms with E-state index in [1.807, 2.05) is 42.5 Å².